The Kier molecular flexibility index (Phi) is 5.62. The number of hydrogen-bond acceptors (Lipinski definition) is 2. The lowest BCUT2D eigenvalue weighted by Gasteiger charge is -2.25. The number of ether oxygens (including phenoxy) is 1. The molecule has 116 valence electrons. The van der Waals surface area contributed by atoms with Gasteiger partial charge in [-0.25, -0.2) is 0 Å². The quantitative estimate of drug-likeness (QED) is 0.647. The van der Waals surface area contributed by atoms with Crippen molar-refractivity contribution >= 4 is 5.96 Å². The standard InChI is InChI=1S/C17H27N3O/c1-14(15-8-5-4-6-9-15)12-19-16(18-3)20-13-17(2)10-7-11-21-17/h4-6,8-9,14H,7,10-13H2,1-3H3,(H2,18,19,20). The maximum Gasteiger partial charge on any atom is 0.191 e. The van der Waals surface area contributed by atoms with Gasteiger partial charge in [-0.05, 0) is 31.2 Å². The lowest BCUT2D eigenvalue weighted by atomic mass is 10.0. The van der Waals surface area contributed by atoms with Gasteiger partial charge in [-0.1, -0.05) is 37.3 Å². The van der Waals surface area contributed by atoms with E-state index in [1.54, 1.807) is 7.05 Å². The van der Waals surface area contributed by atoms with Crippen LogP contribution in [0.4, 0.5) is 0 Å². The molecule has 0 saturated carbocycles. The average Bonchev–Trinajstić information content (AvgIpc) is 2.95. The number of nitrogens with one attached hydrogen (secondary N) is 2. The molecule has 1 fully saturated rings. The van der Waals surface area contributed by atoms with Crippen molar-refractivity contribution in [3.8, 4) is 0 Å². The summed E-state index contributed by atoms with van der Waals surface area (Å²) in [5, 5.41) is 6.76. The first kappa shape index (κ1) is 15.8. The maximum absolute atomic E-state index is 5.78. The minimum atomic E-state index is -0.0529. The Balaban J connectivity index is 1.77. The number of benzene rings is 1. The van der Waals surface area contributed by atoms with E-state index in [1.807, 2.05) is 6.07 Å². The first-order valence-electron chi connectivity index (χ1n) is 7.76. The van der Waals surface area contributed by atoms with Gasteiger partial charge in [0.15, 0.2) is 5.96 Å². The van der Waals surface area contributed by atoms with Gasteiger partial charge in [0, 0.05) is 26.7 Å². The van der Waals surface area contributed by atoms with Crippen molar-refractivity contribution in [3.05, 3.63) is 35.9 Å². The second-order valence-electron chi connectivity index (χ2n) is 6.02. The third kappa shape index (κ3) is 4.74. The molecule has 1 heterocycles. The van der Waals surface area contributed by atoms with Crippen LogP contribution in [0, 0.1) is 0 Å². The fraction of sp³-hybridized carbons (Fsp3) is 0.588. The lowest BCUT2D eigenvalue weighted by molar-refractivity contribution is 0.0243. The second-order valence-corrected chi connectivity index (χ2v) is 6.02. The van der Waals surface area contributed by atoms with Crippen LogP contribution in [0.3, 0.4) is 0 Å². The van der Waals surface area contributed by atoms with Gasteiger partial charge in [0.05, 0.1) is 5.60 Å². The molecule has 0 radical (unpaired) electrons. The Morgan fingerprint density at radius 1 is 1.33 bits per heavy atom. The highest BCUT2D eigenvalue weighted by molar-refractivity contribution is 5.79. The molecular formula is C17H27N3O. The van der Waals surface area contributed by atoms with Gasteiger partial charge in [-0.3, -0.25) is 4.99 Å². The zero-order valence-electron chi connectivity index (χ0n) is 13.4. The molecule has 2 unspecified atom stereocenters. The largest absolute Gasteiger partial charge is 0.373 e. The second kappa shape index (κ2) is 7.46. The molecule has 0 spiro atoms. The maximum atomic E-state index is 5.78. The molecule has 4 heteroatoms. The van der Waals surface area contributed by atoms with E-state index in [1.165, 1.54) is 5.56 Å². The van der Waals surface area contributed by atoms with Crippen LogP contribution in [0.1, 0.15) is 38.2 Å². The normalized spacial score (nSPS) is 23.9. The molecule has 0 bridgehead atoms. The van der Waals surface area contributed by atoms with E-state index in [4.69, 9.17) is 4.74 Å². The van der Waals surface area contributed by atoms with Crippen LogP contribution in [-0.2, 0) is 4.74 Å². The van der Waals surface area contributed by atoms with Crippen LogP contribution in [0.25, 0.3) is 0 Å². The van der Waals surface area contributed by atoms with Crippen LogP contribution in [-0.4, -0.2) is 38.3 Å². The molecule has 0 aromatic heterocycles. The molecular weight excluding hydrogens is 262 g/mol. The third-order valence-electron chi connectivity index (χ3n) is 4.10. The molecule has 2 rings (SSSR count). The van der Waals surface area contributed by atoms with Gasteiger partial charge in [-0.15, -0.1) is 0 Å². The summed E-state index contributed by atoms with van der Waals surface area (Å²) >= 11 is 0. The topological polar surface area (TPSA) is 45.7 Å². The number of guanidine groups is 1. The van der Waals surface area contributed by atoms with Crippen molar-refractivity contribution in [2.75, 3.05) is 26.7 Å². The van der Waals surface area contributed by atoms with Crippen LogP contribution in [0.2, 0.25) is 0 Å². The number of nitrogens with zero attached hydrogens (tertiary/aromatic N) is 1. The SMILES string of the molecule is CN=C(NCC(C)c1ccccc1)NCC1(C)CCCO1. The summed E-state index contributed by atoms with van der Waals surface area (Å²) in [7, 11) is 1.81. The molecule has 1 aliphatic heterocycles. The zero-order chi connectivity index (χ0) is 15.1. The van der Waals surface area contributed by atoms with Gasteiger partial charge in [0.25, 0.3) is 0 Å². The third-order valence-corrected chi connectivity index (χ3v) is 4.10. The van der Waals surface area contributed by atoms with Gasteiger partial charge in [-0.2, -0.15) is 0 Å². The molecule has 21 heavy (non-hydrogen) atoms. The van der Waals surface area contributed by atoms with E-state index < -0.39 is 0 Å². The summed E-state index contributed by atoms with van der Waals surface area (Å²) in [6.07, 6.45) is 2.26. The van der Waals surface area contributed by atoms with E-state index in [9.17, 15) is 0 Å². The van der Waals surface area contributed by atoms with Gasteiger partial charge in [0.2, 0.25) is 0 Å². The van der Waals surface area contributed by atoms with Crippen LogP contribution in [0.5, 0.6) is 0 Å². The Morgan fingerprint density at radius 2 is 2.10 bits per heavy atom. The predicted octanol–water partition coefficient (Wildman–Crippen LogP) is 2.52. The fourth-order valence-electron chi connectivity index (χ4n) is 2.62. The molecule has 1 aromatic rings. The smallest absolute Gasteiger partial charge is 0.191 e. The molecule has 0 amide bonds. The van der Waals surface area contributed by atoms with Crippen molar-refractivity contribution in [2.45, 2.75) is 38.2 Å². The molecule has 1 saturated heterocycles. The van der Waals surface area contributed by atoms with E-state index in [0.29, 0.717) is 5.92 Å². The molecule has 2 N–H and O–H groups in total. The highest BCUT2D eigenvalue weighted by Crippen LogP contribution is 2.23. The summed E-state index contributed by atoms with van der Waals surface area (Å²) in [5.74, 6) is 1.29. The summed E-state index contributed by atoms with van der Waals surface area (Å²) in [4.78, 5) is 4.28. The van der Waals surface area contributed by atoms with Crippen LogP contribution >= 0.6 is 0 Å². The Bertz CT molecular complexity index is 452. The summed E-state index contributed by atoms with van der Waals surface area (Å²) < 4.78 is 5.78. The number of hydrogen-bond donors (Lipinski definition) is 2. The minimum Gasteiger partial charge on any atom is -0.373 e. The highest BCUT2D eigenvalue weighted by atomic mass is 16.5. The summed E-state index contributed by atoms with van der Waals surface area (Å²) in [6.45, 7) is 6.91. The Labute approximate surface area is 128 Å². The van der Waals surface area contributed by atoms with E-state index in [2.05, 4.69) is 53.7 Å². The molecule has 1 aromatic carbocycles. The molecule has 4 nitrogen and oxygen atoms in total. The van der Waals surface area contributed by atoms with Gasteiger partial charge < -0.3 is 15.4 Å². The van der Waals surface area contributed by atoms with Crippen molar-refractivity contribution in [1.29, 1.82) is 0 Å². The minimum absolute atomic E-state index is 0.0529. The highest BCUT2D eigenvalue weighted by Gasteiger charge is 2.29. The summed E-state index contributed by atoms with van der Waals surface area (Å²) in [5.41, 5.74) is 1.29. The summed E-state index contributed by atoms with van der Waals surface area (Å²) in [6, 6.07) is 10.5. The molecule has 0 aliphatic carbocycles. The fourth-order valence-corrected chi connectivity index (χ4v) is 2.62. The first-order valence-corrected chi connectivity index (χ1v) is 7.76. The Hall–Kier alpha value is -1.55. The number of aliphatic imine (C=N–C) groups is 1. The van der Waals surface area contributed by atoms with Crippen molar-refractivity contribution < 1.29 is 4.74 Å². The number of rotatable bonds is 5. The molecule has 2 atom stereocenters. The van der Waals surface area contributed by atoms with Gasteiger partial charge in [0.1, 0.15) is 0 Å². The van der Waals surface area contributed by atoms with Crippen molar-refractivity contribution in [1.82, 2.24) is 10.6 Å². The van der Waals surface area contributed by atoms with E-state index >= 15 is 0 Å². The lowest BCUT2D eigenvalue weighted by Crippen LogP contribution is -2.46. The average molecular weight is 289 g/mol. The molecule has 1 aliphatic rings. The monoisotopic (exact) mass is 289 g/mol. The van der Waals surface area contributed by atoms with E-state index in [-0.39, 0.29) is 5.60 Å². The van der Waals surface area contributed by atoms with Crippen molar-refractivity contribution in [2.24, 2.45) is 4.99 Å². The van der Waals surface area contributed by atoms with Crippen LogP contribution < -0.4 is 10.6 Å². The predicted molar refractivity (Wildman–Crippen MR) is 87.8 cm³/mol. The zero-order valence-corrected chi connectivity index (χ0v) is 13.4. The van der Waals surface area contributed by atoms with Crippen molar-refractivity contribution in [3.63, 3.8) is 0 Å². The van der Waals surface area contributed by atoms with Gasteiger partial charge >= 0.3 is 0 Å². The Morgan fingerprint density at radius 3 is 2.71 bits per heavy atom. The van der Waals surface area contributed by atoms with E-state index in [0.717, 1.165) is 38.5 Å². The van der Waals surface area contributed by atoms with Crippen LogP contribution in [0.15, 0.2) is 35.3 Å². The first-order chi connectivity index (χ1) is 10.1.